The second-order valence-electron chi connectivity index (χ2n) is 5.06. The first kappa shape index (κ1) is 14.7. The predicted octanol–water partition coefficient (Wildman–Crippen LogP) is 2.56. The van der Waals surface area contributed by atoms with E-state index in [0.717, 1.165) is 0 Å². The maximum Gasteiger partial charge on any atom is 0.221 e. The minimum atomic E-state index is 0.105. The summed E-state index contributed by atoms with van der Waals surface area (Å²) in [5.74, 6) is 0.105. The molecule has 0 fully saturated rings. The third kappa shape index (κ3) is 5.32. The minimum Gasteiger partial charge on any atom is -0.354 e. The molecule has 2 N–H and O–H groups in total. The summed E-state index contributed by atoms with van der Waals surface area (Å²) < 4.78 is 0. The highest BCUT2D eigenvalue weighted by molar-refractivity contribution is 5.76. The van der Waals surface area contributed by atoms with Gasteiger partial charge in [-0.25, -0.2) is 0 Å². The molecule has 1 aromatic rings. The standard InChI is InChI=1S/C15H24N2O/c1-11(2)17-15(18)9-10-16-13(4)14-7-5-12(3)6-8-14/h5-8,11,13,16H,9-10H2,1-4H3,(H,17,18). The van der Waals surface area contributed by atoms with E-state index in [1.165, 1.54) is 11.1 Å². The van der Waals surface area contributed by atoms with E-state index in [1.54, 1.807) is 0 Å². The van der Waals surface area contributed by atoms with Crippen molar-refractivity contribution in [2.75, 3.05) is 6.54 Å². The lowest BCUT2D eigenvalue weighted by molar-refractivity contribution is -0.121. The van der Waals surface area contributed by atoms with Crippen LogP contribution in [0.1, 0.15) is 44.4 Å². The number of carbonyl (C=O) groups is 1. The Morgan fingerprint density at radius 1 is 1.17 bits per heavy atom. The van der Waals surface area contributed by atoms with Gasteiger partial charge in [-0.3, -0.25) is 4.79 Å². The molecule has 0 aliphatic carbocycles. The van der Waals surface area contributed by atoms with Crippen LogP contribution in [0, 0.1) is 6.92 Å². The Kier molecular flexibility index (Phi) is 5.86. The molecular formula is C15H24N2O. The minimum absolute atomic E-state index is 0.105. The Bertz CT molecular complexity index is 371. The second kappa shape index (κ2) is 7.17. The molecule has 0 bridgehead atoms. The second-order valence-corrected chi connectivity index (χ2v) is 5.06. The van der Waals surface area contributed by atoms with Crippen molar-refractivity contribution in [2.24, 2.45) is 0 Å². The van der Waals surface area contributed by atoms with Gasteiger partial charge >= 0.3 is 0 Å². The van der Waals surface area contributed by atoms with E-state index in [1.807, 2.05) is 13.8 Å². The fraction of sp³-hybridized carbons (Fsp3) is 0.533. The van der Waals surface area contributed by atoms with Crippen LogP contribution in [-0.2, 0) is 4.79 Å². The average molecular weight is 248 g/mol. The van der Waals surface area contributed by atoms with Gasteiger partial charge < -0.3 is 10.6 Å². The van der Waals surface area contributed by atoms with Crippen molar-refractivity contribution in [3.05, 3.63) is 35.4 Å². The van der Waals surface area contributed by atoms with Crippen LogP contribution < -0.4 is 10.6 Å². The SMILES string of the molecule is Cc1ccc(C(C)NCCC(=O)NC(C)C)cc1. The van der Waals surface area contributed by atoms with E-state index in [-0.39, 0.29) is 18.0 Å². The van der Waals surface area contributed by atoms with Gasteiger partial charge in [0.2, 0.25) is 5.91 Å². The maximum atomic E-state index is 11.5. The van der Waals surface area contributed by atoms with Crippen LogP contribution in [0.3, 0.4) is 0 Å². The van der Waals surface area contributed by atoms with Gasteiger partial charge in [0, 0.05) is 25.0 Å². The molecule has 1 unspecified atom stereocenters. The number of carbonyl (C=O) groups excluding carboxylic acids is 1. The third-order valence-electron chi connectivity index (χ3n) is 2.83. The number of amides is 1. The van der Waals surface area contributed by atoms with Crippen LogP contribution in [0.4, 0.5) is 0 Å². The van der Waals surface area contributed by atoms with Gasteiger partial charge in [0.15, 0.2) is 0 Å². The Morgan fingerprint density at radius 2 is 1.78 bits per heavy atom. The van der Waals surface area contributed by atoms with E-state index in [9.17, 15) is 4.79 Å². The molecule has 100 valence electrons. The quantitative estimate of drug-likeness (QED) is 0.812. The van der Waals surface area contributed by atoms with Crippen molar-refractivity contribution in [3.63, 3.8) is 0 Å². The van der Waals surface area contributed by atoms with Gasteiger partial charge in [0.25, 0.3) is 0 Å². The van der Waals surface area contributed by atoms with Crippen molar-refractivity contribution in [1.82, 2.24) is 10.6 Å². The molecule has 0 spiro atoms. The highest BCUT2D eigenvalue weighted by atomic mass is 16.1. The summed E-state index contributed by atoms with van der Waals surface area (Å²) in [7, 11) is 0. The van der Waals surface area contributed by atoms with Gasteiger partial charge in [-0.2, -0.15) is 0 Å². The zero-order valence-electron chi connectivity index (χ0n) is 11.8. The van der Waals surface area contributed by atoms with E-state index in [0.29, 0.717) is 13.0 Å². The van der Waals surface area contributed by atoms with Crippen LogP contribution in [0.25, 0.3) is 0 Å². The predicted molar refractivity (Wildman–Crippen MR) is 75.5 cm³/mol. The fourth-order valence-corrected chi connectivity index (χ4v) is 1.77. The number of hydrogen-bond acceptors (Lipinski definition) is 2. The topological polar surface area (TPSA) is 41.1 Å². The fourth-order valence-electron chi connectivity index (χ4n) is 1.77. The molecule has 18 heavy (non-hydrogen) atoms. The van der Waals surface area contributed by atoms with Crippen molar-refractivity contribution in [2.45, 2.75) is 46.2 Å². The summed E-state index contributed by atoms with van der Waals surface area (Å²) in [6, 6.07) is 8.96. The number of aryl methyl sites for hydroxylation is 1. The van der Waals surface area contributed by atoms with Crippen LogP contribution in [0.15, 0.2) is 24.3 Å². The normalized spacial score (nSPS) is 12.5. The van der Waals surface area contributed by atoms with Gasteiger partial charge in [0.1, 0.15) is 0 Å². The molecule has 0 saturated heterocycles. The summed E-state index contributed by atoms with van der Waals surface area (Å²) in [6.07, 6.45) is 0.522. The van der Waals surface area contributed by atoms with Crippen molar-refractivity contribution in [3.8, 4) is 0 Å². The van der Waals surface area contributed by atoms with E-state index in [4.69, 9.17) is 0 Å². The van der Waals surface area contributed by atoms with E-state index in [2.05, 4.69) is 48.7 Å². The zero-order valence-corrected chi connectivity index (χ0v) is 11.8. The lowest BCUT2D eigenvalue weighted by Crippen LogP contribution is -2.33. The first-order valence-corrected chi connectivity index (χ1v) is 6.58. The first-order valence-electron chi connectivity index (χ1n) is 6.58. The molecule has 1 atom stereocenters. The van der Waals surface area contributed by atoms with Crippen LogP contribution in [0.5, 0.6) is 0 Å². The van der Waals surface area contributed by atoms with Crippen LogP contribution in [-0.4, -0.2) is 18.5 Å². The van der Waals surface area contributed by atoms with Gasteiger partial charge in [-0.15, -0.1) is 0 Å². The van der Waals surface area contributed by atoms with Crippen molar-refractivity contribution < 1.29 is 4.79 Å². The summed E-state index contributed by atoms with van der Waals surface area (Å²) in [5.41, 5.74) is 2.52. The molecule has 0 aliphatic heterocycles. The highest BCUT2D eigenvalue weighted by Crippen LogP contribution is 2.12. The molecule has 0 aromatic heterocycles. The van der Waals surface area contributed by atoms with Crippen molar-refractivity contribution >= 4 is 5.91 Å². The molecule has 3 nitrogen and oxygen atoms in total. The number of hydrogen-bond donors (Lipinski definition) is 2. The van der Waals surface area contributed by atoms with Crippen molar-refractivity contribution in [1.29, 1.82) is 0 Å². The molecule has 1 rings (SSSR count). The molecule has 3 heteroatoms. The molecule has 0 radical (unpaired) electrons. The van der Waals surface area contributed by atoms with Gasteiger partial charge in [0.05, 0.1) is 0 Å². The monoisotopic (exact) mass is 248 g/mol. The van der Waals surface area contributed by atoms with Crippen LogP contribution >= 0.6 is 0 Å². The highest BCUT2D eigenvalue weighted by Gasteiger charge is 2.06. The number of rotatable bonds is 6. The molecular weight excluding hydrogens is 224 g/mol. The smallest absolute Gasteiger partial charge is 0.221 e. The average Bonchev–Trinajstić information content (AvgIpc) is 2.28. The molecule has 1 aromatic carbocycles. The Hall–Kier alpha value is -1.35. The maximum absolute atomic E-state index is 11.5. The third-order valence-corrected chi connectivity index (χ3v) is 2.83. The summed E-state index contributed by atoms with van der Waals surface area (Å²) in [4.78, 5) is 11.5. The molecule has 0 aliphatic rings. The largest absolute Gasteiger partial charge is 0.354 e. The first-order chi connectivity index (χ1) is 8.49. The Labute approximate surface area is 110 Å². The lowest BCUT2D eigenvalue weighted by atomic mass is 10.1. The molecule has 1 amide bonds. The Morgan fingerprint density at radius 3 is 2.33 bits per heavy atom. The van der Waals surface area contributed by atoms with E-state index < -0.39 is 0 Å². The summed E-state index contributed by atoms with van der Waals surface area (Å²) in [6.45, 7) is 8.84. The van der Waals surface area contributed by atoms with E-state index >= 15 is 0 Å². The Balaban J connectivity index is 2.31. The summed E-state index contributed by atoms with van der Waals surface area (Å²) in [5, 5.41) is 6.25. The van der Waals surface area contributed by atoms with Crippen LogP contribution in [0.2, 0.25) is 0 Å². The van der Waals surface area contributed by atoms with Gasteiger partial charge in [-0.1, -0.05) is 29.8 Å². The number of benzene rings is 1. The summed E-state index contributed by atoms with van der Waals surface area (Å²) >= 11 is 0. The lowest BCUT2D eigenvalue weighted by Gasteiger charge is -2.15. The van der Waals surface area contributed by atoms with Gasteiger partial charge in [-0.05, 0) is 33.3 Å². The molecule has 0 heterocycles. The zero-order chi connectivity index (χ0) is 13.5. The number of nitrogens with one attached hydrogen (secondary N) is 2. The molecule has 0 saturated carbocycles.